The van der Waals surface area contributed by atoms with Crippen molar-refractivity contribution in [3.8, 4) is 0 Å². The summed E-state index contributed by atoms with van der Waals surface area (Å²) in [7, 11) is 0. The molecule has 27 heavy (non-hydrogen) atoms. The van der Waals surface area contributed by atoms with E-state index >= 15 is 0 Å². The molecule has 0 aliphatic carbocycles. The molecule has 1 N–H and O–H groups in total. The maximum Gasteiger partial charge on any atom is 0.355 e. The highest BCUT2D eigenvalue weighted by molar-refractivity contribution is 6.07. The smallest absolute Gasteiger partial charge is 0.355 e. The molecule has 0 unspecified atom stereocenters. The number of Topliss-reactive ketones (excluding diaryl/α,β-unsaturated/α-hetero) is 1. The Balaban J connectivity index is 2.33. The number of nitrogens with zero attached hydrogens (tertiary/aromatic N) is 1. The van der Waals surface area contributed by atoms with Crippen molar-refractivity contribution >= 4 is 17.7 Å². The lowest BCUT2D eigenvalue weighted by atomic mass is 9.99. The summed E-state index contributed by atoms with van der Waals surface area (Å²) >= 11 is 0. The number of aromatic nitrogens is 1. The Hall–Kier alpha value is -2.89. The number of amides is 1. The molecule has 0 aliphatic heterocycles. The summed E-state index contributed by atoms with van der Waals surface area (Å²) in [6, 6.07) is 8.22. The molecule has 1 atom stereocenters. The molecule has 0 radical (unpaired) electrons. The van der Waals surface area contributed by atoms with Crippen LogP contribution in [-0.4, -0.2) is 46.7 Å². The minimum absolute atomic E-state index is 0.199. The molecule has 0 saturated heterocycles. The van der Waals surface area contributed by atoms with Crippen LogP contribution in [0.3, 0.4) is 0 Å². The van der Waals surface area contributed by atoms with Gasteiger partial charge in [-0.25, -0.2) is 4.79 Å². The van der Waals surface area contributed by atoms with Crippen molar-refractivity contribution in [1.29, 1.82) is 0 Å². The summed E-state index contributed by atoms with van der Waals surface area (Å²) in [5.74, 6) is -0.893. The third-order valence-electron chi connectivity index (χ3n) is 4.63. The number of nitrogens with one attached hydrogen (secondary N) is 1. The topological polar surface area (TPSA) is 79.5 Å². The van der Waals surface area contributed by atoms with E-state index in [1.807, 2.05) is 13.0 Å². The zero-order valence-corrected chi connectivity index (χ0v) is 16.5. The average Bonchev–Trinajstić information content (AvgIpc) is 2.96. The van der Waals surface area contributed by atoms with Crippen molar-refractivity contribution in [2.75, 3.05) is 13.2 Å². The van der Waals surface area contributed by atoms with E-state index in [2.05, 4.69) is 4.98 Å². The van der Waals surface area contributed by atoms with Crippen molar-refractivity contribution < 1.29 is 19.1 Å². The molecule has 0 bridgehead atoms. The van der Waals surface area contributed by atoms with E-state index < -0.39 is 12.0 Å². The first-order chi connectivity index (χ1) is 12.8. The third kappa shape index (κ3) is 4.10. The molecule has 2 aromatic rings. The molecule has 6 nitrogen and oxygen atoms in total. The maximum atomic E-state index is 13.2. The van der Waals surface area contributed by atoms with E-state index in [4.69, 9.17) is 4.74 Å². The van der Waals surface area contributed by atoms with E-state index in [9.17, 15) is 14.4 Å². The van der Waals surface area contributed by atoms with E-state index in [0.717, 1.165) is 0 Å². The number of H-pyrrole nitrogens is 1. The van der Waals surface area contributed by atoms with Crippen LogP contribution in [0.25, 0.3) is 0 Å². The van der Waals surface area contributed by atoms with Crippen LogP contribution in [0.4, 0.5) is 0 Å². The van der Waals surface area contributed by atoms with Crippen molar-refractivity contribution in [3.05, 3.63) is 58.4 Å². The van der Waals surface area contributed by atoms with Gasteiger partial charge in [0, 0.05) is 23.4 Å². The number of aryl methyl sites for hydroxylation is 1. The van der Waals surface area contributed by atoms with E-state index in [1.165, 1.54) is 4.90 Å². The van der Waals surface area contributed by atoms with Crippen LogP contribution in [0.15, 0.2) is 30.3 Å². The molecule has 2 rings (SSSR count). The van der Waals surface area contributed by atoms with Gasteiger partial charge in [-0.05, 0) is 52.3 Å². The second kappa shape index (κ2) is 8.66. The Morgan fingerprint density at radius 2 is 1.74 bits per heavy atom. The van der Waals surface area contributed by atoms with Gasteiger partial charge in [0.2, 0.25) is 0 Å². The summed E-state index contributed by atoms with van der Waals surface area (Å²) in [5, 5.41) is 0. The normalized spacial score (nSPS) is 11.7. The number of aromatic amines is 1. The van der Waals surface area contributed by atoms with Gasteiger partial charge >= 0.3 is 5.97 Å². The second-order valence-electron chi connectivity index (χ2n) is 6.34. The van der Waals surface area contributed by atoms with Crippen LogP contribution in [0.5, 0.6) is 0 Å². The lowest BCUT2D eigenvalue weighted by Crippen LogP contribution is -2.43. The molecular weight excluding hydrogens is 344 g/mol. The monoisotopic (exact) mass is 370 g/mol. The number of ether oxygens (including phenoxy) is 1. The first-order valence-electron chi connectivity index (χ1n) is 9.09. The predicted molar refractivity (Wildman–Crippen MR) is 103 cm³/mol. The molecule has 6 heteroatoms. The Bertz CT molecular complexity index is 839. The molecule has 1 aromatic carbocycles. The summed E-state index contributed by atoms with van der Waals surface area (Å²) in [6.45, 7) is 9.38. The molecule has 1 amide bonds. The van der Waals surface area contributed by atoms with Gasteiger partial charge in [0.25, 0.3) is 5.91 Å². The van der Waals surface area contributed by atoms with E-state index in [1.54, 1.807) is 52.0 Å². The van der Waals surface area contributed by atoms with Gasteiger partial charge in [0.15, 0.2) is 5.78 Å². The minimum atomic E-state index is -0.661. The Kier molecular flexibility index (Phi) is 6.55. The van der Waals surface area contributed by atoms with Crippen molar-refractivity contribution in [2.45, 2.75) is 40.7 Å². The lowest BCUT2D eigenvalue weighted by molar-refractivity contribution is 0.0519. The summed E-state index contributed by atoms with van der Waals surface area (Å²) in [6.07, 6.45) is 0. The number of likely N-dealkylation sites (N-methyl/N-ethyl adjacent to an activating group) is 1. The van der Waals surface area contributed by atoms with E-state index in [0.29, 0.717) is 28.9 Å². The second-order valence-corrected chi connectivity index (χ2v) is 6.34. The molecule has 0 saturated carbocycles. The fraction of sp³-hybridized carbons (Fsp3) is 0.381. The fourth-order valence-electron chi connectivity index (χ4n) is 3.22. The summed E-state index contributed by atoms with van der Waals surface area (Å²) < 4.78 is 5.04. The maximum absolute atomic E-state index is 13.2. The van der Waals surface area contributed by atoms with Crippen LogP contribution >= 0.6 is 0 Å². The van der Waals surface area contributed by atoms with Gasteiger partial charge < -0.3 is 14.6 Å². The van der Waals surface area contributed by atoms with Crippen LogP contribution in [-0.2, 0) is 4.74 Å². The molecule has 1 heterocycles. The molecular formula is C21H26N2O4. The zero-order valence-electron chi connectivity index (χ0n) is 16.5. The quantitative estimate of drug-likeness (QED) is 0.597. The lowest BCUT2D eigenvalue weighted by Gasteiger charge is -2.27. The van der Waals surface area contributed by atoms with Gasteiger partial charge in [-0.2, -0.15) is 0 Å². The predicted octanol–water partition coefficient (Wildman–Crippen LogP) is 3.54. The van der Waals surface area contributed by atoms with Gasteiger partial charge in [-0.1, -0.05) is 18.2 Å². The highest BCUT2D eigenvalue weighted by Gasteiger charge is 2.30. The Morgan fingerprint density at radius 3 is 2.30 bits per heavy atom. The van der Waals surface area contributed by atoms with Crippen LogP contribution in [0.1, 0.15) is 63.2 Å². The number of rotatable bonds is 7. The molecule has 1 aromatic heterocycles. The largest absolute Gasteiger partial charge is 0.461 e. The number of carbonyl (C=O) groups excluding carboxylic acids is 3. The van der Waals surface area contributed by atoms with Gasteiger partial charge in [0.1, 0.15) is 5.69 Å². The zero-order chi connectivity index (χ0) is 20.1. The first kappa shape index (κ1) is 20.4. The Morgan fingerprint density at radius 1 is 1.11 bits per heavy atom. The summed E-state index contributed by atoms with van der Waals surface area (Å²) in [5.41, 5.74) is 2.39. The number of hydrogen-bond acceptors (Lipinski definition) is 4. The van der Waals surface area contributed by atoms with Gasteiger partial charge in [-0.3, -0.25) is 9.59 Å². The van der Waals surface area contributed by atoms with Crippen molar-refractivity contribution in [2.24, 2.45) is 0 Å². The number of hydrogen-bond donors (Lipinski definition) is 1. The highest BCUT2D eigenvalue weighted by atomic mass is 16.5. The van der Waals surface area contributed by atoms with Crippen LogP contribution < -0.4 is 0 Å². The Labute approximate surface area is 159 Å². The van der Waals surface area contributed by atoms with Crippen molar-refractivity contribution in [1.82, 2.24) is 9.88 Å². The van der Waals surface area contributed by atoms with Crippen molar-refractivity contribution in [3.63, 3.8) is 0 Å². The molecule has 0 spiro atoms. The molecule has 0 fully saturated rings. The SMILES string of the molecule is CCOC(=O)c1[nH]c(C)c(C(=O)[C@H](C)N(CC)C(=O)c2ccccc2)c1C. The van der Waals surface area contributed by atoms with E-state index in [-0.39, 0.29) is 24.0 Å². The van der Waals surface area contributed by atoms with Gasteiger partial charge in [-0.15, -0.1) is 0 Å². The average molecular weight is 370 g/mol. The summed E-state index contributed by atoms with van der Waals surface area (Å²) in [4.78, 5) is 42.5. The highest BCUT2D eigenvalue weighted by Crippen LogP contribution is 2.22. The molecule has 0 aliphatic rings. The number of esters is 1. The molecule has 144 valence electrons. The van der Waals surface area contributed by atoms with Crippen LogP contribution in [0, 0.1) is 13.8 Å². The first-order valence-corrected chi connectivity index (χ1v) is 9.09. The number of carbonyl (C=O) groups is 3. The number of benzene rings is 1. The van der Waals surface area contributed by atoms with Gasteiger partial charge in [0.05, 0.1) is 12.6 Å². The van der Waals surface area contributed by atoms with Crippen LogP contribution in [0.2, 0.25) is 0 Å². The fourth-order valence-corrected chi connectivity index (χ4v) is 3.22. The standard InChI is InChI=1S/C21H26N2O4/c1-6-23(20(25)16-11-9-8-10-12-16)15(5)19(24)17-13(3)18(22-14(17)4)21(26)27-7-2/h8-12,15,22H,6-7H2,1-5H3/t15-/m0/s1. The third-order valence-corrected chi connectivity index (χ3v) is 4.63. The number of ketones is 1. The minimum Gasteiger partial charge on any atom is -0.461 e.